The van der Waals surface area contributed by atoms with E-state index in [0.29, 0.717) is 18.9 Å². The first-order chi connectivity index (χ1) is 10.3. The first-order valence-electron chi connectivity index (χ1n) is 8.04. The first kappa shape index (κ1) is 21.7. The number of carbonyl (C=O) groups excluding carboxylic acids is 1. The SMILES string of the molecule is CNCCCC(=O)NC(C)(C)c1ccc(OCC(C)C)cc1.Cl. The highest BCUT2D eigenvalue weighted by Gasteiger charge is 2.22. The van der Waals surface area contributed by atoms with E-state index in [0.717, 1.165) is 24.3 Å². The van der Waals surface area contributed by atoms with Crippen LogP contribution in [0.1, 0.15) is 46.1 Å². The number of benzene rings is 1. The summed E-state index contributed by atoms with van der Waals surface area (Å²) in [7, 11) is 1.89. The van der Waals surface area contributed by atoms with Gasteiger partial charge in [0.05, 0.1) is 12.1 Å². The Morgan fingerprint density at radius 3 is 2.35 bits per heavy atom. The van der Waals surface area contributed by atoms with Crippen LogP contribution in [0.2, 0.25) is 0 Å². The number of rotatable bonds is 9. The fourth-order valence-corrected chi connectivity index (χ4v) is 2.14. The second-order valence-electron chi connectivity index (χ2n) is 6.61. The molecule has 0 fully saturated rings. The van der Waals surface area contributed by atoms with Crippen LogP contribution in [0.5, 0.6) is 5.75 Å². The zero-order valence-corrected chi connectivity index (χ0v) is 15.8. The van der Waals surface area contributed by atoms with E-state index in [4.69, 9.17) is 4.74 Å². The number of nitrogens with one attached hydrogen (secondary N) is 2. The zero-order chi connectivity index (χ0) is 16.6. The minimum Gasteiger partial charge on any atom is -0.493 e. The van der Waals surface area contributed by atoms with Crippen molar-refractivity contribution in [3.05, 3.63) is 29.8 Å². The summed E-state index contributed by atoms with van der Waals surface area (Å²) >= 11 is 0. The predicted octanol–water partition coefficient (Wildman–Crippen LogP) is 3.49. The van der Waals surface area contributed by atoms with Crippen molar-refractivity contribution >= 4 is 18.3 Å². The lowest BCUT2D eigenvalue weighted by molar-refractivity contribution is -0.122. The molecule has 132 valence electrons. The molecule has 0 unspecified atom stereocenters. The van der Waals surface area contributed by atoms with Gasteiger partial charge in [-0.05, 0) is 57.5 Å². The van der Waals surface area contributed by atoms with Crippen LogP contribution in [0, 0.1) is 5.92 Å². The molecule has 0 aliphatic heterocycles. The molecule has 0 bridgehead atoms. The molecule has 1 amide bonds. The molecule has 0 heterocycles. The van der Waals surface area contributed by atoms with E-state index in [2.05, 4.69) is 24.5 Å². The average molecular weight is 343 g/mol. The molecule has 1 rings (SSSR count). The largest absolute Gasteiger partial charge is 0.493 e. The van der Waals surface area contributed by atoms with E-state index in [-0.39, 0.29) is 23.9 Å². The molecule has 5 heteroatoms. The van der Waals surface area contributed by atoms with Crippen LogP contribution in [-0.2, 0) is 10.3 Å². The highest BCUT2D eigenvalue weighted by molar-refractivity contribution is 5.85. The molecule has 0 spiro atoms. The summed E-state index contributed by atoms with van der Waals surface area (Å²) in [6.07, 6.45) is 1.39. The zero-order valence-electron chi connectivity index (χ0n) is 14.9. The van der Waals surface area contributed by atoms with E-state index in [9.17, 15) is 4.79 Å². The van der Waals surface area contributed by atoms with E-state index in [1.807, 2.05) is 45.2 Å². The highest BCUT2D eigenvalue weighted by Crippen LogP contribution is 2.23. The summed E-state index contributed by atoms with van der Waals surface area (Å²) in [5, 5.41) is 6.14. The second kappa shape index (κ2) is 10.5. The van der Waals surface area contributed by atoms with Crippen molar-refractivity contribution in [2.75, 3.05) is 20.2 Å². The maximum Gasteiger partial charge on any atom is 0.220 e. The fraction of sp³-hybridized carbons (Fsp3) is 0.611. The van der Waals surface area contributed by atoms with Crippen molar-refractivity contribution in [1.82, 2.24) is 10.6 Å². The van der Waals surface area contributed by atoms with Crippen molar-refractivity contribution in [2.45, 2.75) is 46.1 Å². The van der Waals surface area contributed by atoms with Gasteiger partial charge in [-0.25, -0.2) is 0 Å². The third kappa shape index (κ3) is 8.24. The van der Waals surface area contributed by atoms with Gasteiger partial charge in [-0.15, -0.1) is 12.4 Å². The van der Waals surface area contributed by atoms with Crippen molar-refractivity contribution < 1.29 is 9.53 Å². The maximum atomic E-state index is 12.0. The van der Waals surface area contributed by atoms with Gasteiger partial charge in [0, 0.05) is 6.42 Å². The maximum absolute atomic E-state index is 12.0. The summed E-state index contributed by atoms with van der Waals surface area (Å²) in [4.78, 5) is 12.0. The van der Waals surface area contributed by atoms with Crippen LogP contribution in [0.15, 0.2) is 24.3 Å². The van der Waals surface area contributed by atoms with Crippen molar-refractivity contribution in [3.63, 3.8) is 0 Å². The molecule has 23 heavy (non-hydrogen) atoms. The number of carbonyl (C=O) groups is 1. The molecule has 0 saturated carbocycles. The molecule has 0 aliphatic carbocycles. The molecule has 0 atom stereocenters. The monoisotopic (exact) mass is 342 g/mol. The molecule has 0 radical (unpaired) electrons. The lowest BCUT2D eigenvalue weighted by Crippen LogP contribution is -2.41. The Balaban J connectivity index is 0.00000484. The van der Waals surface area contributed by atoms with Gasteiger partial charge < -0.3 is 15.4 Å². The van der Waals surface area contributed by atoms with Crippen molar-refractivity contribution in [3.8, 4) is 5.75 Å². The van der Waals surface area contributed by atoms with Gasteiger partial charge in [-0.1, -0.05) is 26.0 Å². The van der Waals surface area contributed by atoms with Gasteiger partial charge in [0.25, 0.3) is 0 Å². The molecule has 1 aromatic rings. The Hall–Kier alpha value is -1.26. The molecule has 2 N–H and O–H groups in total. The van der Waals surface area contributed by atoms with Gasteiger partial charge in [-0.3, -0.25) is 4.79 Å². The molecule has 0 saturated heterocycles. The van der Waals surface area contributed by atoms with Gasteiger partial charge in [0.2, 0.25) is 5.91 Å². The van der Waals surface area contributed by atoms with Crippen molar-refractivity contribution in [1.29, 1.82) is 0 Å². The summed E-state index contributed by atoms with van der Waals surface area (Å²) in [5.41, 5.74) is 0.694. The second-order valence-corrected chi connectivity index (χ2v) is 6.61. The minimum atomic E-state index is -0.382. The number of hydrogen-bond donors (Lipinski definition) is 2. The summed E-state index contributed by atoms with van der Waals surface area (Å²) in [6.45, 7) is 9.86. The molecule has 4 nitrogen and oxygen atoms in total. The van der Waals surface area contributed by atoms with Crippen LogP contribution in [0.25, 0.3) is 0 Å². The first-order valence-corrected chi connectivity index (χ1v) is 8.04. The van der Waals surface area contributed by atoms with E-state index in [1.165, 1.54) is 0 Å². The average Bonchev–Trinajstić information content (AvgIpc) is 2.45. The number of halogens is 1. The Bertz CT molecular complexity index is 459. The number of amides is 1. The van der Waals surface area contributed by atoms with E-state index in [1.54, 1.807) is 0 Å². The van der Waals surface area contributed by atoms with E-state index >= 15 is 0 Å². The van der Waals surface area contributed by atoms with Crippen LogP contribution in [0.4, 0.5) is 0 Å². The topological polar surface area (TPSA) is 50.4 Å². The molecular formula is C18H31ClN2O2. The smallest absolute Gasteiger partial charge is 0.220 e. The molecule has 0 aliphatic rings. The number of ether oxygens (including phenoxy) is 1. The number of hydrogen-bond acceptors (Lipinski definition) is 3. The Labute approximate surface area is 146 Å². The third-order valence-corrected chi connectivity index (χ3v) is 3.44. The Morgan fingerprint density at radius 1 is 1.22 bits per heavy atom. The van der Waals surface area contributed by atoms with Gasteiger partial charge in [0.1, 0.15) is 5.75 Å². The van der Waals surface area contributed by atoms with Crippen LogP contribution >= 0.6 is 12.4 Å². The lowest BCUT2D eigenvalue weighted by Gasteiger charge is -2.27. The predicted molar refractivity (Wildman–Crippen MR) is 98.4 cm³/mol. The van der Waals surface area contributed by atoms with E-state index < -0.39 is 0 Å². The van der Waals surface area contributed by atoms with Gasteiger partial charge in [0.15, 0.2) is 0 Å². The summed E-state index contributed by atoms with van der Waals surface area (Å²) in [6, 6.07) is 7.96. The van der Waals surface area contributed by atoms with Crippen LogP contribution in [-0.4, -0.2) is 26.1 Å². The normalized spacial score (nSPS) is 11.0. The van der Waals surface area contributed by atoms with Gasteiger partial charge in [-0.2, -0.15) is 0 Å². The quantitative estimate of drug-likeness (QED) is 0.675. The van der Waals surface area contributed by atoms with Crippen LogP contribution in [0.3, 0.4) is 0 Å². The van der Waals surface area contributed by atoms with Crippen LogP contribution < -0.4 is 15.4 Å². The molecular weight excluding hydrogens is 312 g/mol. The molecule has 0 aromatic heterocycles. The minimum absolute atomic E-state index is 0. The molecule has 1 aromatic carbocycles. The standard InChI is InChI=1S/C18H30N2O2.ClH/c1-14(2)13-22-16-10-8-15(9-11-16)18(3,4)20-17(21)7-6-12-19-5;/h8-11,14,19H,6-7,12-13H2,1-5H3,(H,20,21);1H. The summed E-state index contributed by atoms with van der Waals surface area (Å²) in [5.74, 6) is 1.46. The lowest BCUT2D eigenvalue weighted by atomic mass is 9.94. The highest BCUT2D eigenvalue weighted by atomic mass is 35.5. The summed E-state index contributed by atoms with van der Waals surface area (Å²) < 4.78 is 5.69. The Morgan fingerprint density at radius 2 is 1.83 bits per heavy atom. The fourth-order valence-electron chi connectivity index (χ4n) is 2.14. The van der Waals surface area contributed by atoms with Gasteiger partial charge >= 0.3 is 0 Å². The third-order valence-electron chi connectivity index (χ3n) is 3.44. The Kier molecular flexibility index (Phi) is 9.93. The van der Waals surface area contributed by atoms with Crippen molar-refractivity contribution in [2.24, 2.45) is 5.92 Å².